The molecule has 1 aliphatic rings. The molecule has 4 N–H and O–H groups in total. The molecule has 3 heterocycles. The number of aromatic nitrogens is 3. The van der Waals surface area contributed by atoms with Crippen LogP contribution >= 0.6 is 0 Å². The third kappa shape index (κ3) is 2.59. The minimum absolute atomic E-state index is 0.0807. The summed E-state index contributed by atoms with van der Waals surface area (Å²) in [5.41, 5.74) is 6.32. The standard InChI is InChI=1S/C14H16N4O4/c15-13-8(9-3-1-2-4-16-9)6-18(14(21)17-13)12-5-10(20)11(7-19)22-12/h1-4,6,10-12,19-20H,5,7H2,(H2,15,17,21)/t10-,11+,12-/m0/s1. The summed E-state index contributed by atoms with van der Waals surface area (Å²) in [6, 6.07) is 5.32. The fourth-order valence-corrected chi connectivity index (χ4v) is 2.46. The summed E-state index contributed by atoms with van der Waals surface area (Å²) in [6.45, 7) is -0.318. The van der Waals surface area contributed by atoms with Crippen LogP contribution in [0.1, 0.15) is 12.6 Å². The first kappa shape index (κ1) is 14.6. The van der Waals surface area contributed by atoms with Gasteiger partial charge in [-0.2, -0.15) is 4.98 Å². The van der Waals surface area contributed by atoms with E-state index in [1.54, 1.807) is 24.4 Å². The van der Waals surface area contributed by atoms with E-state index in [1.165, 1.54) is 10.8 Å². The molecular weight excluding hydrogens is 288 g/mol. The third-order valence-electron chi connectivity index (χ3n) is 3.62. The summed E-state index contributed by atoms with van der Waals surface area (Å²) in [5, 5.41) is 18.9. The maximum Gasteiger partial charge on any atom is 0.351 e. The van der Waals surface area contributed by atoms with Crippen LogP contribution in [0.2, 0.25) is 0 Å². The number of aliphatic hydroxyl groups is 2. The number of hydrogen-bond acceptors (Lipinski definition) is 7. The molecule has 0 saturated carbocycles. The van der Waals surface area contributed by atoms with Crippen molar-refractivity contribution in [1.29, 1.82) is 0 Å². The fourth-order valence-electron chi connectivity index (χ4n) is 2.46. The van der Waals surface area contributed by atoms with E-state index < -0.39 is 24.1 Å². The predicted molar refractivity (Wildman–Crippen MR) is 77.8 cm³/mol. The average molecular weight is 304 g/mol. The van der Waals surface area contributed by atoms with Crippen LogP contribution in [0.5, 0.6) is 0 Å². The second-order valence-electron chi connectivity index (χ2n) is 5.06. The molecule has 0 amide bonds. The molecule has 1 fully saturated rings. The van der Waals surface area contributed by atoms with Crippen LogP contribution < -0.4 is 11.4 Å². The number of pyridine rings is 1. The maximum absolute atomic E-state index is 12.0. The van der Waals surface area contributed by atoms with Gasteiger partial charge in [0.1, 0.15) is 18.1 Å². The summed E-state index contributed by atoms with van der Waals surface area (Å²) < 4.78 is 6.75. The van der Waals surface area contributed by atoms with Crippen LogP contribution in [0, 0.1) is 0 Å². The van der Waals surface area contributed by atoms with Crippen molar-refractivity contribution < 1.29 is 14.9 Å². The summed E-state index contributed by atoms with van der Waals surface area (Å²) in [6.07, 6.45) is 1.07. The zero-order valence-electron chi connectivity index (χ0n) is 11.7. The monoisotopic (exact) mass is 304 g/mol. The molecule has 0 aliphatic carbocycles. The largest absolute Gasteiger partial charge is 0.394 e. The van der Waals surface area contributed by atoms with Gasteiger partial charge in [0.15, 0.2) is 0 Å². The van der Waals surface area contributed by atoms with E-state index in [-0.39, 0.29) is 18.8 Å². The van der Waals surface area contributed by atoms with E-state index in [2.05, 4.69) is 9.97 Å². The normalized spacial score (nSPS) is 24.5. The summed E-state index contributed by atoms with van der Waals surface area (Å²) >= 11 is 0. The Bertz CT molecular complexity index is 719. The zero-order chi connectivity index (χ0) is 15.7. The molecule has 0 bridgehead atoms. The molecule has 0 unspecified atom stereocenters. The highest BCUT2D eigenvalue weighted by Gasteiger charge is 2.35. The third-order valence-corrected chi connectivity index (χ3v) is 3.62. The number of hydrogen-bond donors (Lipinski definition) is 3. The summed E-state index contributed by atoms with van der Waals surface area (Å²) in [4.78, 5) is 20.0. The Kier molecular flexibility index (Phi) is 3.88. The van der Waals surface area contributed by atoms with Crippen molar-refractivity contribution in [1.82, 2.24) is 14.5 Å². The minimum Gasteiger partial charge on any atom is -0.394 e. The maximum atomic E-state index is 12.0. The molecule has 2 aromatic heterocycles. The number of nitrogens with zero attached hydrogens (tertiary/aromatic N) is 3. The fraction of sp³-hybridized carbons (Fsp3) is 0.357. The second kappa shape index (κ2) is 5.84. The van der Waals surface area contributed by atoms with E-state index >= 15 is 0 Å². The van der Waals surface area contributed by atoms with E-state index in [1.807, 2.05) is 0 Å². The number of aliphatic hydroxyl groups excluding tert-OH is 2. The van der Waals surface area contributed by atoms with Gasteiger partial charge in [-0.3, -0.25) is 9.55 Å². The van der Waals surface area contributed by atoms with Crippen molar-refractivity contribution in [3.63, 3.8) is 0 Å². The van der Waals surface area contributed by atoms with Crippen molar-refractivity contribution in [3.8, 4) is 11.3 Å². The lowest BCUT2D eigenvalue weighted by Crippen LogP contribution is -2.28. The van der Waals surface area contributed by atoms with Gasteiger partial charge in [0.2, 0.25) is 0 Å². The predicted octanol–water partition coefficient (Wildman–Crippen LogP) is -0.472. The van der Waals surface area contributed by atoms with Gasteiger partial charge in [-0.1, -0.05) is 6.07 Å². The van der Waals surface area contributed by atoms with E-state index in [4.69, 9.17) is 15.6 Å². The van der Waals surface area contributed by atoms with Gasteiger partial charge < -0.3 is 20.7 Å². The molecule has 116 valence electrons. The molecular formula is C14H16N4O4. The average Bonchev–Trinajstić information content (AvgIpc) is 2.89. The van der Waals surface area contributed by atoms with Crippen LogP contribution in [0.4, 0.5) is 5.82 Å². The van der Waals surface area contributed by atoms with Gasteiger partial charge in [-0.25, -0.2) is 4.79 Å². The molecule has 0 spiro atoms. The van der Waals surface area contributed by atoms with Gasteiger partial charge in [-0.05, 0) is 12.1 Å². The molecule has 3 rings (SSSR count). The van der Waals surface area contributed by atoms with Gasteiger partial charge in [0, 0.05) is 18.8 Å². The van der Waals surface area contributed by atoms with Gasteiger partial charge in [-0.15, -0.1) is 0 Å². The molecule has 0 aromatic carbocycles. The molecule has 1 saturated heterocycles. The number of anilines is 1. The van der Waals surface area contributed by atoms with Crippen LogP contribution in [-0.2, 0) is 4.74 Å². The number of rotatable bonds is 3. The second-order valence-corrected chi connectivity index (χ2v) is 5.06. The van der Waals surface area contributed by atoms with Crippen molar-refractivity contribution >= 4 is 5.82 Å². The molecule has 1 aliphatic heterocycles. The summed E-state index contributed by atoms with van der Waals surface area (Å²) in [5.74, 6) is 0.0807. The van der Waals surface area contributed by atoms with Gasteiger partial charge in [0.05, 0.1) is 24.0 Å². The minimum atomic E-state index is -0.835. The highest BCUT2D eigenvalue weighted by Crippen LogP contribution is 2.29. The lowest BCUT2D eigenvalue weighted by Gasteiger charge is -2.16. The highest BCUT2D eigenvalue weighted by atomic mass is 16.5. The van der Waals surface area contributed by atoms with Gasteiger partial charge in [0.25, 0.3) is 0 Å². The quantitative estimate of drug-likeness (QED) is 0.700. The van der Waals surface area contributed by atoms with E-state index in [9.17, 15) is 9.90 Å². The van der Waals surface area contributed by atoms with Crippen LogP contribution in [-0.4, -0.2) is 43.6 Å². The first-order valence-electron chi connectivity index (χ1n) is 6.84. The number of ether oxygens (including phenoxy) is 1. The zero-order valence-corrected chi connectivity index (χ0v) is 11.7. The van der Waals surface area contributed by atoms with Gasteiger partial charge >= 0.3 is 5.69 Å². The molecule has 22 heavy (non-hydrogen) atoms. The highest BCUT2D eigenvalue weighted by molar-refractivity contribution is 5.69. The Balaban J connectivity index is 2.01. The first-order valence-corrected chi connectivity index (χ1v) is 6.84. The van der Waals surface area contributed by atoms with Crippen LogP contribution in [0.25, 0.3) is 11.3 Å². The Hall–Kier alpha value is -2.29. The topological polar surface area (TPSA) is 123 Å². The molecule has 8 nitrogen and oxygen atoms in total. The SMILES string of the molecule is Nc1nc(=O)n([C@@H]2C[C@H](O)[C@@H](CO)O2)cc1-c1ccccn1. The Morgan fingerprint density at radius 3 is 2.91 bits per heavy atom. The summed E-state index contributed by atoms with van der Waals surface area (Å²) in [7, 11) is 0. The van der Waals surface area contributed by atoms with E-state index in [0.29, 0.717) is 11.3 Å². The Labute approximate surface area is 125 Å². The number of nitrogen functional groups attached to an aromatic ring is 1. The molecule has 8 heteroatoms. The smallest absolute Gasteiger partial charge is 0.351 e. The van der Waals surface area contributed by atoms with Crippen molar-refractivity contribution in [2.75, 3.05) is 12.3 Å². The van der Waals surface area contributed by atoms with Crippen molar-refractivity contribution in [2.24, 2.45) is 0 Å². The lowest BCUT2D eigenvalue weighted by molar-refractivity contribution is -0.0458. The van der Waals surface area contributed by atoms with Crippen molar-refractivity contribution in [2.45, 2.75) is 24.9 Å². The van der Waals surface area contributed by atoms with Crippen LogP contribution in [0.15, 0.2) is 35.4 Å². The lowest BCUT2D eigenvalue weighted by atomic mass is 10.2. The molecule has 2 aromatic rings. The van der Waals surface area contributed by atoms with E-state index in [0.717, 1.165) is 0 Å². The molecule has 0 radical (unpaired) electrons. The first-order chi connectivity index (χ1) is 10.6. The van der Waals surface area contributed by atoms with Crippen molar-refractivity contribution in [3.05, 3.63) is 41.1 Å². The van der Waals surface area contributed by atoms with Crippen LogP contribution in [0.3, 0.4) is 0 Å². The molecule has 3 atom stereocenters. The number of nitrogens with two attached hydrogens (primary N) is 1. The Morgan fingerprint density at radius 1 is 1.45 bits per heavy atom. The Morgan fingerprint density at radius 2 is 2.27 bits per heavy atom.